The van der Waals surface area contributed by atoms with Gasteiger partial charge < -0.3 is 19.8 Å². The summed E-state index contributed by atoms with van der Waals surface area (Å²) in [5.74, 6) is -0.204. The zero-order valence-corrected chi connectivity index (χ0v) is 21.4. The van der Waals surface area contributed by atoms with Crippen molar-refractivity contribution in [3.63, 3.8) is 0 Å². The molecule has 0 bridgehead atoms. The summed E-state index contributed by atoms with van der Waals surface area (Å²) in [7, 11) is 1.66. The Labute approximate surface area is 213 Å². The van der Waals surface area contributed by atoms with Crippen LogP contribution in [0.5, 0.6) is 5.75 Å². The predicted molar refractivity (Wildman–Crippen MR) is 148 cm³/mol. The van der Waals surface area contributed by atoms with Crippen LogP contribution in [0.1, 0.15) is 87.2 Å². The molecule has 2 aromatic heterocycles. The molecule has 1 aliphatic heterocycles. The Balaban J connectivity index is 1.35. The molecule has 36 heavy (non-hydrogen) atoms. The molecule has 190 valence electrons. The largest absolute Gasteiger partial charge is 0.494 e. The van der Waals surface area contributed by atoms with E-state index in [1.807, 2.05) is 24.3 Å². The molecule has 0 saturated heterocycles. The summed E-state index contributed by atoms with van der Waals surface area (Å²) in [6, 6.07) is 9.03. The van der Waals surface area contributed by atoms with Gasteiger partial charge >= 0.3 is 5.97 Å². The van der Waals surface area contributed by atoms with Crippen LogP contribution >= 0.6 is 0 Å². The fourth-order valence-corrected chi connectivity index (χ4v) is 4.68. The maximum atomic E-state index is 11.3. The Morgan fingerprint density at radius 1 is 0.944 bits per heavy atom. The number of H-pyrrole nitrogens is 2. The molecule has 1 aliphatic rings. The van der Waals surface area contributed by atoms with Gasteiger partial charge in [0.05, 0.1) is 35.5 Å². The monoisotopic (exact) mass is 487 g/mol. The molecule has 0 fully saturated rings. The van der Waals surface area contributed by atoms with Crippen LogP contribution in [-0.2, 0) is 0 Å². The summed E-state index contributed by atoms with van der Waals surface area (Å²) in [6.45, 7) is 2.26. The fourth-order valence-electron chi connectivity index (χ4n) is 4.68. The highest BCUT2D eigenvalue weighted by atomic mass is 16.5. The molecule has 0 unspecified atom stereocenters. The first kappa shape index (κ1) is 25.5. The van der Waals surface area contributed by atoms with Gasteiger partial charge in [-0.2, -0.15) is 0 Å². The number of methoxy groups -OCH3 is 1. The van der Waals surface area contributed by atoms with Gasteiger partial charge in [0.25, 0.3) is 0 Å². The SMILES string of the molecule is CCCCCCCCCCCC1=N/C(=C/c2[nH]c(-c3cc4ccc(C(=O)O)cc4[nH]3)cc2OC)C=C1. The van der Waals surface area contributed by atoms with Crippen LogP contribution in [0.2, 0.25) is 0 Å². The standard InChI is InChI=1S/C30H37N3O3/c1-3-4-5-6-7-8-9-10-11-12-23-15-16-24(31-23)19-28-29(36-2)20-27(33-28)26-17-21-13-14-22(30(34)35)18-25(21)32-26/h13-20,32-33H,3-12H2,1-2H3,(H,34,35)/b24-19+. The minimum absolute atomic E-state index is 0.259. The highest BCUT2D eigenvalue weighted by Gasteiger charge is 2.13. The molecule has 0 aliphatic carbocycles. The van der Waals surface area contributed by atoms with E-state index in [1.165, 1.54) is 57.8 Å². The molecule has 0 radical (unpaired) electrons. The highest BCUT2D eigenvalue weighted by molar-refractivity contribution is 5.99. The van der Waals surface area contributed by atoms with E-state index in [-0.39, 0.29) is 5.56 Å². The van der Waals surface area contributed by atoms with Gasteiger partial charge in [0.2, 0.25) is 0 Å². The normalized spacial score (nSPS) is 14.2. The van der Waals surface area contributed by atoms with Crippen molar-refractivity contribution in [1.82, 2.24) is 9.97 Å². The lowest BCUT2D eigenvalue weighted by Crippen LogP contribution is -1.94. The molecule has 3 aromatic rings. The number of rotatable bonds is 14. The number of benzene rings is 1. The Morgan fingerprint density at radius 3 is 2.39 bits per heavy atom. The molecule has 0 amide bonds. The first-order valence-corrected chi connectivity index (χ1v) is 13.2. The van der Waals surface area contributed by atoms with E-state index in [2.05, 4.69) is 29.0 Å². The summed E-state index contributed by atoms with van der Waals surface area (Å²) in [5.41, 5.74) is 5.68. The second-order valence-electron chi connectivity index (χ2n) is 9.54. The number of aliphatic imine (C=N–C) groups is 1. The fraction of sp³-hybridized carbons (Fsp3) is 0.400. The third-order valence-electron chi connectivity index (χ3n) is 6.74. The minimum Gasteiger partial charge on any atom is -0.494 e. The molecule has 3 heterocycles. The predicted octanol–water partition coefficient (Wildman–Crippen LogP) is 8.14. The molecule has 0 spiro atoms. The maximum absolute atomic E-state index is 11.3. The van der Waals surface area contributed by atoms with Gasteiger partial charge in [-0.3, -0.25) is 4.99 Å². The van der Waals surface area contributed by atoms with E-state index >= 15 is 0 Å². The van der Waals surface area contributed by atoms with Crippen molar-refractivity contribution < 1.29 is 14.6 Å². The van der Waals surface area contributed by atoms with Crippen molar-refractivity contribution in [3.05, 3.63) is 59.4 Å². The van der Waals surface area contributed by atoms with Gasteiger partial charge in [0.15, 0.2) is 0 Å². The number of aromatic amines is 2. The second kappa shape index (κ2) is 12.4. The van der Waals surface area contributed by atoms with Gasteiger partial charge in [-0.1, -0.05) is 64.4 Å². The number of carbonyl (C=O) groups is 1. The van der Waals surface area contributed by atoms with Crippen LogP contribution in [0.4, 0.5) is 0 Å². The van der Waals surface area contributed by atoms with E-state index in [0.29, 0.717) is 0 Å². The zero-order valence-electron chi connectivity index (χ0n) is 21.4. The number of unbranched alkanes of at least 4 members (excludes halogenated alkanes) is 8. The smallest absolute Gasteiger partial charge is 0.335 e. The molecule has 3 N–H and O–H groups in total. The number of nitrogens with zero attached hydrogens (tertiary/aromatic N) is 1. The van der Waals surface area contributed by atoms with Crippen molar-refractivity contribution >= 4 is 28.7 Å². The average molecular weight is 488 g/mol. The Kier molecular flexibility index (Phi) is 8.82. The first-order chi connectivity index (χ1) is 17.6. The van der Waals surface area contributed by atoms with Gasteiger partial charge in [0.1, 0.15) is 5.75 Å². The molecule has 4 rings (SSSR count). The highest BCUT2D eigenvalue weighted by Crippen LogP contribution is 2.31. The average Bonchev–Trinajstić information content (AvgIpc) is 3.60. The quantitative estimate of drug-likeness (QED) is 0.200. The Morgan fingerprint density at radius 2 is 1.67 bits per heavy atom. The number of ether oxygens (including phenoxy) is 1. The summed E-state index contributed by atoms with van der Waals surface area (Å²) in [6.07, 6.45) is 19.1. The first-order valence-electron chi connectivity index (χ1n) is 13.2. The summed E-state index contributed by atoms with van der Waals surface area (Å²) < 4.78 is 5.60. The number of hydrogen-bond acceptors (Lipinski definition) is 3. The van der Waals surface area contributed by atoms with Crippen LogP contribution in [-0.4, -0.2) is 33.9 Å². The van der Waals surface area contributed by atoms with E-state index in [9.17, 15) is 9.90 Å². The minimum atomic E-state index is -0.939. The number of nitrogens with one attached hydrogen (secondary N) is 2. The van der Waals surface area contributed by atoms with Crippen molar-refractivity contribution in [2.24, 2.45) is 4.99 Å². The number of fused-ring (bicyclic) bond motifs is 1. The van der Waals surface area contributed by atoms with E-state index in [4.69, 9.17) is 9.73 Å². The molecule has 0 saturated carbocycles. The van der Waals surface area contributed by atoms with Crippen molar-refractivity contribution in [3.8, 4) is 17.1 Å². The van der Waals surface area contributed by atoms with Crippen LogP contribution < -0.4 is 4.74 Å². The van der Waals surface area contributed by atoms with Gasteiger partial charge in [0, 0.05) is 22.7 Å². The Hall–Kier alpha value is -3.54. The lowest BCUT2D eigenvalue weighted by atomic mass is 10.1. The van der Waals surface area contributed by atoms with Crippen molar-refractivity contribution in [2.75, 3.05) is 7.11 Å². The van der Waals surface area contributed by atoms with Gasteiger partial charge in [-0.25, -0.2) is 4.79 Å². The maximum Gasteiger partial charge on any atom is 0.335 e. The van der Waals surface area contributed by atoms with E-state index in [1.54, 1.807) is 19.2 Å². The Bertz CT molecular complexity index is 1280. The topological polar surface area (TPSA) is 90.5 Å². The molecular formula is C30H37N3O3. The van der Waals surface area contributed by atoms with Crippen LogP contribution in [0.25, 0.3) is 28.4 Å². The van der Waals surface area contributed by atoms with Crippen LogP contribution in [0.15, 0.2) is 53.2 Å². The lowest BCUT2D eigenvalue weighted by Gasteiger charge is -2.02. The lowest BCUT2D eigenvalue weighted by molar-refractivity contribution is 0.0697. The summed E-state index contributed by atoms with van der Waals surface area (Å²) in [5, 5.41) is 10.2. The molecular weight excluding hydrogens is 450 g/mol. The number of hydrogen-bond donors (Lipinski definition) is 3. The third-order valence-corrected chi connectivity index (χ3v) is 6.74. The molecule has 1 aromatic carbocycles. The van der Waals surface area contributed by atoms with Gasteiger partial charge in [-0.05, 0) is 49.3 Å². The number of carboxylic acid groups (broad SMARTS) is 1. The van der Waals surface area contributed by atoms with Crippen LogP contribution in [0.3, 0.4) is 0 Å². The van der Waals surface area contributed by atoms with Crippen molar-refractivity contribution in [1.29, 1.82) is 0 Å². The van der Waals surface area contributed by atoms with Gasteiger partial charge in [-0.15, -0.1) is 0 Å². The van der Waals surface area contributed by atoms with Crippen LogP contribution in [0, 0.1) is 0 Å². The number of allylic oxidation sites excluding steroid dienone is 2. The number of aromatic nitrogens is 2. The molecule has 6 nitrogen and oxygen atoms in total. The third kappa shape index (κ3) is 6.56. The van der Waals surface area contributed by atoms with Crippen molar-refractivity contribution in [2.45, 2.75) is 71.1 Å². The molecule has 0 atom stereocenters. The number of aromatic carboxylic acids is 1. The van der Waals surface area contributed by atoms with E-state index in [0.717, 1.165) is 51.6 Å². The molecule has 6 heteroatoms. The zero-order chi connectivity index (χ0) is 25.3. The summed E-state index contributed by atoms with van der Waals surface area (Å²) in [4.78, 5) is 22.8. The number of carboxylic acids is 1. The second-order valence-corrected chi connectivity index (χ2v) is 9.54. The van der Waals surface area contributed by atoms with E-state index < -0.39 is 5.97 Å². The summed E-state index contributed by atoms with van der Waals surface area (Å²) >= 11 is 0.